The van der Waals surface area contributed by atoms with E-state index in [4.69, 9.17) is 14.5 Å². The van der Waals surface area contributed by atoms with Gasteiger partial charge in [-0.05, 0) is 31.2 Å². The molecule has 0 aromatic carbocycles. The molecule has 1 aliphatic heterocycles. The molecule has 1 N–H and O–H groups in total. The summed E-state index contributed by atoms with van der Waals surface area (Å²) in [5, 5.41) is 9.05. The molecule has 8 heteroatoms. The Balaban J connectivity index is 1.65. The Hall–Kier alpha value is -2.64. The van der Waals surface area contributed by atoms with Gasteiger partial charge in [-0.25, -0.2) is 14.8 Å². The van der Waals surface area contributed by atoms with Crippen molar-refractivity contribution in [1.82, 2.24) is 15.0 Å². The molecule has 0 bridgehead atoms. The van der Waals surface area contributed by atoms with Gasteiger partial charge >= 0.3 is 5.97 Å². The molecule has 1 fully saturated rings. The fourth-order valence-electron chi connectivity index (χ4n) is 3.95. The molecule has 8 nitrogen and oxygen atoms in total. The number of fused-ring (bicyclic) bond motifs is 2. The van der Waals surface area contributed by atoms with Crippen molar-refractivity contribution < 1.29 is 14.3 Å². The first-order valence-electron chi connectivity index (χ1n) is 8.46. The minimum absolute atomic E-state index is 0.0425. The topological polar surface area (TPSA) is 95.6 Å². The summed E-state index contributed by atoms with van der Waals surface area (Å²) in [4.78, 5) is 28.4. The van der Waals surface area contributed by atoms with Gasteiger partial charge in [-0.3, -0.25) is 0 Å². The average Bonchev–Trinajstić information content (AvgIpc) is 3.21. The van der Waals surface area contributed by atoms with E-state index in [0.29, 0.717) is 6.01 Å². The third-order valence-corrected chi connectivity index (χ3v) is 5.19. The van der Waals surface area contributed by atoms with Crippen LogP contribution in [0.1, 0.15) is 41.0 Å². The van der Waals surface area contributed by atoms with Crippen molar-refractivity contribution in [3.63, 3.8) is 0 Å². The minimum atomic E-state index is -1.07. The van der Waals surface area contributed by atoms with Crippen molar-refractivity contribution in [3.8, 4) is 0 Å². The number of oxazole rings is 1. The summed E-state index contributed by atoms with van der Waals surface area (Å²) in [5.74, 6) is -0.349. The van der Waals surface area contributed by atoms with E-state index in [0.717, 1.165) is 50.4 Å². The van der Waals surface area contributed by atoms with Crippen molar-refractivity contribution in [2.45, 2.75) is 31.1 Å². The summed E-state index contributed by atoms with van der Waals surface area (Å²) < 4.78 is 5.41. The highest BCUT2D eigenvalue weighted by Crippen LogP contribution is 2.44. The van der Waals surface area contributed by atoms with E-state index >= 15 is 0 Å². The van der Waals surface area contributed by atoms with E-state index in [2.05, 4.69) is 9.97 Å². The van der Waals surface area contributed by atoms with E-state index < -0.39 is 5.97 Å². The Bertz CT molecular complexity index is 814. The highest BCUT2D eigenvalue weighted by atomic mass is 16.4. The van der Waals surface area contributed by atoms with Gasteiger partial charge < -0.3 is 19.3 Å². The molecule has 25 heavy (non-hydrogen) atoms. The fraction of sp³-hybridized carbons (Fsp3) is 0.529. The molecule has 1 aliphatic carbocycles. The Labute approximate surface area is 145 Å². The largest absolute Gasteiger partial charge is 0.476 e. The molecule has 0 radical (unpaired) electrons. The smallest absolute Gasteiger partial charge is 0.357 e. The van der Waals surface area contributed by atoms with Crippen molar-refractivity contribution >= 4 is 17.9 Å². The number of hydrogen-bond donors (Lipinski definition) is 1. The maximum atomic E-state index is 11.0. The van der Waals surface area contributed by atoms with Crippen molar-refractivity contribution in [2.24, 2.45) is 0 Å². The molecule has 132 valence electrons. The number of aromatic carboxylic acids is 1. The molecule has 4 rings (SSSR count). The van der Waals surface area contributed by atoms with E-state index in [1.807, 2.05) is 30.1 Å². The van der Waals surface area contributed by atoms with Crippen LogP contribution in [0, 0.1) is 0 Å². The predicted octanol–water partition coefficient (Wildman–Crippen LogP) is 1.71. The van der Waals surface area contributed by atoms with Gasteiger partial charge in [0.05, 0.1) is 5.69 Å². The summed E-state index contributed by atoms with van der Waals surface area (Å²) in [5.41, 5.74) is 2.24. The molecular formula is C17H21N5O3. The van der Waals surface area contributed by atoms with Gasteiger partial charge in [0.15, 0.2) is 5.69 Å². The highest BCUT2D eigenvalue weighted by molar-refractivity contribution is 5.85. The summed E-state index contributed by atoms with van der Waals surface area (Å²) >= 11 is 0. The van der Waals surface area contributed by atoms with Gasteiger partial charge in [0, 0.05) is 38.8 Å². The number of anilines is 2. The van der Waals surface area contributed by atoms with Crippen molar-refractivity contribution in [3.05, 3.63) is 29.4 Å². The van der Waals surface area contributed by atoms with Crippen LogP contribution in [0.15, 0.2) is 16.9 Å². The first-order valence-corrected chi connectivity index (χ1v) is 8.46. The second kappa shape index (κ2) is 5.72. The minimum Gasteiger partial charge on any atom is -0.476 e. The Kier molecular flexibility index (Phi) is 3.63. The number of carbonyl (C=O) groups is 1. The summed E-state index contributed by atoms with van der Waals surface area (Å²) in [6.45, 7) is 1.55. The quantitative estimate of drug-likeness (QED) is 0.900. The zero-order chi connectivity index (χ0) is 17.6. The second-order valence-corrected chi connectivity index (χ2v) is 7.06. The van der Waals surface area contributed by atoms with Crippen molar-refractivity contribution in [1.29, 1.82) is 0 Å². The van der Waals surface area contributed by atoms with Gasteiger partial charge in [-0.1, -0.05) is 0 Å². The zero-order valence-corrected chi connectivity index (χ0v) is 14.4. The molecule has 1 unspecified atom stereocenters. The van der Waals surface area contributed by atoms with Crippen LogP contribution in [0.5, 0.6) is 0 Å². The van der Waals surface area contributed by atoms with Gasteiger partial charge in [0.2, 0.25) is 5.95 Å². The molecule has 3 heterocycles. The van der Waals surface area contributed by atoms with E-state index in [1.165, 1.54) is 11.8 Å². The summed E-state index contributed by atoms with van der Waals surface area (Å²) in [6, 6.07) is 0.381. The van der Waals surface area contributed by atoms with Crippen LogP contribution < -0.4 is 9.80 Å². The SMILES string of the molecule is CN(C)c1ncc2c(n1)C1(CCCN(c3nc(C(=O)O)co3)C1)CC2. The van der Waals surface area contributed by atoms with Gasteiger partial charge in [0.25, 0.3) is 6.01 Å². The molecular weight excluding hydrogens is 322 g/mol. The Morgan fingerprint density at radius 3 is 2.92 bits per heavy atom. The molecule has 2 aromatic rings. The van der Waals surface area contributed by atoms with E-state index in [9.17, 15) is 4.79 Å². The number of carboxylic acid groups (broad SMARTS) is 1. The zero-order valence-electron chi connectivity index (χ0n) is 14.4. The third-order valence-electron chi connectivity index (χ3n) is 5.19. The first kappa shape index (κ1) is 15.9. The van der Waals surface area contributed by atoms with E-state index in [1.54, 1.807) is 0 Å². The third kappa shape index (κ3) is 2.61. The Morgan fingerprint density at radius 2 is 2.20 bits per heavy atom. The van der Waals surface area contributed by atoms with E-state index in [-0.39, 0.29) is 11.1 Å². The van der Waals surface area contributed by atoms with Crippen LogP contribution in [0.2, 0.25) is 0 Å². The van der Waals surface area contributed by atoms with Crippen LogP contribution >= 0.6 is 0 Å². The molecule has 0 amide bonds. The maximum Gasteiger partial charge on any atom is 0.357 e. The number of nitrogens with zero attached hydrogens (tertiary/aromatic N) is 5. The van der Waals surface area contributed by atoms with Crippen molar-refractivity contribution in [2.75, 3.05) is 37.0 Å². The molecule has 1 saturated heterocycles. The lowest BCUT2D eigenvalue weighted by Crippen LogP contribution is -2.45. The normalized spacial score (nSPS) is 22.2. The van der Waals surface area contributed by atoms with Crippen LogP contribution in [-0.2, 0) is 11.8 Å². The number of aryl methyl sites for hydroxylation is 1. The Morgan fingerprint density at radius 1 is 1.36 bits per heavy atom. The number of hydrogen-bond acceptors (Lipinski definition) is 7. The van der Waals surface area contributed by atoms with Crippen LogP contribution in [0.25, 0.3) is 0 Å². The summed E-state index contributed by atoms with van der Waals surface area (Å²) in [7, 11) is 3.88. The fourth-order valence-corrected chi connectivity index (χ4v) is 3.95. The second-order valence-electron chi connectivity index (χ2n) is 7.06. The first-order chi connectivity index (χ1) is 12.0. The molecule has 1 atom stereocenters. The monoisotopic (exact) mass is 343 g/mol. The standard InChI is InChI=1S/C17H21N5O3/c1-21(2)15-18-8-11-4-6-17(13(11)20-15)5-3-7-22(10-17)16-19-12(9-25-16)14(23)24/h8-9H,3-7,10H2,1-2H3,(H,23,24). The maximum absolute atomic E-state index is 11.0. The number of rotatable bonds is 3. The summed E-state index contributed by atoms with van der Waals surface area (Å²) in [6.07, 6.45) is 7.20. The lowest BCUT2D eigenvalue weighted by molar-refractivity contribution is 0.0690. The van der Waals surface area contributed by atoms with Crippen LogP contribution in [0.3, 0.4) is 0 Å². The molecule has 2 aromatic heterocycles. The van der Waals surface area contributed by atoms with Crippen LogP contribution in [0.4, 0.5) is 12.0 Å². The molecule has 0 saturated carbocycles. The predicted molar refractivity (Wildman–Crippen MR) is 91.3 cm³/mol. The van der Waals surface area contributed by atoms with Gasteiger partial charge in [-0.15, -0.1) is 0 Å². The van der Waals surface area contributed by atoms with Gasteiger partial charge in [-0.2, -0.15) is 4.98 Å². The number of carboxylic acids is 1. The number of aromatic nitrogens is 3. The van der Waals surface area contributed by atoms with Crippen LogP contribution in [-0.4, -0.2) is 53.2 Å². The highest BCUT2D eigenvalue weighted by Gasteiger charge is 2.44. The number of piperidine rings is 1. The molecule has 1 spiro atoms. The lowest BCUT2D eigenvalue weighted by atomic mass is 9.77. The van der Waals surface area contributed by atoms with Gasteiger partial charge in [0.1, 0.15) is 6.26 Å². The molecule has 2 aliphatic rings. The lowest BCUT2D eigenvalue weighted by Gasteiger charge is -2.39. The average molecular weight is 343 g/mol.